The number of aliphatic hydroxyl groups excluding tert-OH is 1. The Morgan fingerprint density at radius 2 is 0.748 bits per heavy atom. The van der Waals surface area contributed by atoms with Crippen LogP contribution in [0.2, 0.25) is 40.2 Å². The van der Waals surface area contributed by atoms with Crippen molar-refractivity contribution in [3.63, 3.8) is 0 Å². The van der Waals surface area contributed by atoms with Crippen molar-refractivity contribution in [1.29, 1.82) is 10.5 Å². The maximum atomic E-state index is 13.9. The van der Waals surface area contributed by atoms with Gasteiger partial charge < -0.3 is 67.2 Å². The van der Waals surface area contributed by atoms with Gasteiger partial charge in [-0.1, -0.05) is 118 Å². The summed E-state index contributed by atoms with van der Waals surface area (Å²) < 4.78 is 71.4. The van der Waals surface area contributed by atoms with Gasteiger partial charge in [-0.15, -0.1) is 0 Å². The summed E-state index contributed by atoms with van der Waals surface area (Å²) in [6.45, 7) is 42.6. The summed E-state index contributed by atoms with van der Waals surface area (Å²) in [4.78, 5) is 107. The number of hydrogen-bond donors (Lipinski definition) is 3. The number of hydrogen-bond acceptors (Lipinski definition) is 24. The van der Waals surface area contributed by atoms with Crippen LogP contribution < -0.4 is 39.1 Å². The number of fused-ring (bicyclic) bond motifs is 12. The number of carbonyl (C=O) groups excluding carboxylic acids is 8. The Kier molecular flexibility index (Phi) is 40.6. The Hall–Kier alpha value is -7.11. The lowest BCUT2D eigenvalue weighted by molar-refractivity contribution is -0.143. The van der Waals surface area contributed by atoms with E-state index in [0.29, 0.717) is 97.6 Å². The molecule has 6 aromatic carbocycles. The molecule has 37 heteroatoms. The molecule has 135 heavy (non-hydrogen) atoms. The first kappa shape index (κ1) is 113. The standard InChI is InChI=1S/C49H60Cl4N3O10P.C40H43Cl4NO9.C9H18ClN2OP/c1-27(2)56(28(3)4)67(62-22-16-19-54)61-21-15-13-12-14-20-55-38(57)18-17-30-23-33-43(39(53)42(30)65-46(60)48(9,10)11)63-40-29(5)41(64-45(59)47(6,7)8)37(52)26-34(40)49(33)32-25-36(51)35(50)24-31(32)44(58)66-49;1-20-31-25(19-28(43)32(20)52-36(49)38(2,3)4)40(23-18-27(42)26(41)17-22(23)35(48)54-40)24-16-21(12-13-29(47)45-14-10-8-9-11-15-46)33(30(44)34(24)51-31)53-37(50)39(5,6)7;1-8(2)12(9(3)4)14(10)13-7-5-6-11/h23-28H,12-18,20-22H2,1-11H3,(H,55,57);16-19,46H,8-15H2,1-7H3,(H,45,47);8-9H,5,7H2,1-4H3. The monoisotopic (exact) mass is 2080 g/mol. The number of esters is 6. The number of amides is 2. The average Bonchev–Trinajstić information content (AvgIpc) is 1.58. The molecule has 2 spiro atoms. The Bertz CT molecular complexity index is 5490. The zero-order valence-corrected chi connectivity index (χ0v) is 89.0. The molecule has 4 heterocycles. The first-order valence-electron chi connectivity index (χ1n) is 44.8. The van der Waals surface area contributed by atoms with Crippen molar-refractivity contribution < 1.29 is 94.9 Å². The van der Waals surface area contributed by atoms with Crippen molar-refractivity contribution in [1.82, 2.24) is 20.0 Å². The molecule has 0 saturated heterocycles. The minimum atomic E-state index is -1.81. The largest absolute Gasteiger partial charge is 0.454 e. The lowest BCUT2D eigenvalue weighted by Gasteiger charge is -2.38. The summed E-state index contributed by atoms with van der Waals surface area (Å²) >= 11 is 60.4. The molecular weight excluding hydrogens is 1960 g/mol. The Labute approximate surface area is 839 Å². The van der Waals surface area contributed by atoms with Crippen LogP contribution in [-0.4, -0.2) is 126 Å². The molecule has 0 aliphatic carbocycles. The van der Waals surface area contributed by atoms with E-state index in [-0.39, 0.29) is 176 Å². The third-order valence-corrected chi connectivity index (χ3v) is 29.2. The smallest absolute Gasteiger partial charge is 0.340 e. The highest BCUT2D eigenvalue weighted by atomic mass is 35.7. The summed E-state index contributed by atoms with van der Waals surface area (Å²) in [6.07, 6.45) is 7.24. The van der Waals surface area contributed by atoms with E-state index in [4.69, 9.17) is 171 Å². The van der Waals surface area contributed by atoms with Crippen LogP contribution >= 0.6 is 120 Å². The number of rotatable bonds is 36. The normalized spacial score (nSPS) is 15.6. The molecule has 4 aliphatic heterocycles. The van der Waals surface area contributed by atoms with Crippen molar-refractivity contribution in [2.45, 2.75) is 278 Å². The number of nitrogens with one attached hydrogen (secondary N) is 2. The highest BCUT2D eigenvalue weighted by molar-refractivity contribution is 7.78. The molecule has 4 aliphatic rings. The van der Waals surface area contributed by atoms with E-state index in [9.17, 15) is 38.4 Å². The van der Waals surface area contributed by atoms with E-state index < -0.39 is 84.9 Å². The van der Waals surface area contributed by atoms with Crippen molar-refractivity contribution in [3.8, 4) is 58.1 Å². The van der Waals surface area contributed by atoms with E-state index in [1.165, 1.54) is 36.4 Å². The van der Waals surface area contributed by atoms with Gasteiger partial charge in [0.15, 0.2) is 45.7 Å². The van der Waals surface area contributed by atoms with Gasteiger partial charge in [0.2, 0.25) is 19.5 Å². The number of halogens is 9. The summed E-state index contributed by atoms with van der Waals surface area (Å²) in [6, 6.07) is 17.5. The number of nitriles is 2. The van der Waals surface area contributed by atoms with E-state index in [1.54, 1.807) is 109 Å². The number of aliphatic hydroxyl groups is 1. The lowest BCUT2D eigenvalue weighted by Crippen LogP contribution is -2.34. The molecule has 0 radical (unpaired) electrons. The van der Waals surface area contributed by atoms with Gasteiger partial charge in [0.05, 0.1) is 108 Å². The van der Waals surface area contributed by atoms with Gasteiger partial charge in [-0.25, -0.2) is 18.9 Å². The summed E-state index contributed by atoms with van der Waals surface area (Å²) in [5.74, 6) is -4.07. The van der Waals surface area contributed by atoms with Gasteiger partial charge in [-0.2, -0.15) is 10.5 Å². The Morgan fingerprint density at radius 1 is 0.430 bits per heavy atom. The number of unbranched alkanes of at least 4 members (excludes halogenated alkanes) is 6. The molecule has 6 aromatic rings. The van der Waals surface area contributed by atoms with Crippen LogP contribution in [0.1, 0.15) is 292 Å². The lowest BCUT2D eigenvalue weighted by atomic mass is 9.76. The zero-order valence-electron chi connectivity index (χ0n) is 80.4. The fourth-order valence-electron chi connectivity index (χ4n) is 14.9. The van der Waals surface area contributed by atoms with Gasteiger partial charge in [-0.05, 0) is 262 Å². The first-order chi connectivity index (χ1) is 63.1. The predicted molar refractivity (Wildman–Crippen MR) is 528 cm³/mol. The molecule has 0 aromatic heterocycles. The van der Waals surface area contributed by atoms with E-state index in [2.05, 4.69) is 81.4 Å². The molecule has 10 rings (SSSR count). The van der Waals surface area contributed by atoms with Crippen molar-refractivity contribution >= 4 is 168 Å². The van der Waals surface area contributed by atoms with Crippen molar-refractivity contribution in [2.75, 3.05) is 39.5 Å². The summed E-state index contributed by atoms with van der Waals surface area (Å²) in [5.41, 5.74) is -4.06. The van der Waals surface area contributed by atoms with Gasteiger partial charge in [0.25, 0.3) is 8.53 Å². The zero-order chi connectivity index (χ0) is 101. The van der Waals surface area contributed by atoms with Crippen LogP contribution in [0.5, 0.6) is 46.0 Å². The Balaban J connectivity index is 0.000000295. The first-order valence-corrected chi connectivity index (χ1v) is 51.0. The van der Waals surface area contributed by atoms with Crippen molar-refractivity contribution in [2.24, 2.45) is 21.7 Å². The number of carbonyl (C=O) groups is 8. The molecule has 0 saturated carbocycles. The molecule has 2 amide bonds. The number of aryl methyl sites for hydroxylation is 2. The summed E-state index contributed by atoms with van der Waals surface area (Å²) in [7, 11) is -2.39. The van der Waals surface area contributed by atoms with E-state index in [0.717, 1.165) is 44.9 Å². The van der Waals surface area contributed by atoms with E-state index >= 15 is 0 Å². The van der Waals surface area contributed by atoms with Crippen LogP contribution in [0.15, 0.2) is 48.5 Å². The molecule has 4 atom stereocenters. The maximum Gasteiger partial charge on any atom is 0.340 e. The molecule has 0 fully saturated rings. The van der Waals surface area contributed by atoms with Crippen LogP contribution in [0.25, 0.3) is 0 Å². The third-order valence-electron chi connectivity index (χ3n) is 21.9. The highest BCUT2D eigenvalue weighted by Crippen LogP contribution is 2.65. The van der Waals surface area contributed by atoms with Gasteiger partial charge in [-0.3, -0.25) is 28.8 Å². The fraction of sp³-hybridized carbons (Fsp3) is 0.531. The quantitative estimate of drug-likeness (QED) is 0.0142. The molecular formula is C98H121Cl9N6O20P2. The van der Waals surface area contributed by atoms with Crippen LogP contribution in [0.4, 0.5) is 0 Å². The van der Waals surface area contributed by atoms with Gasteiger partial charge in [0, 0.05) is 101 Å². The minimum absolute atomic E-state index is 0.00151. The number of nitrogens with zero attached hydrogens (tertiary/aromatic N) is 4. The van der Waals surface area contributed by atoms with E-state index in [1.807, 2.05) is 6.07 Å². The van der Waals surface area contributed by atoms with Crippen LogP contribution in [0.3, 0.4) is 0 Å². The molecule has 26 nitrogen and oxygen atoms in total. The summed E-state index contributed by atoms with van der Waals surface area (Å²) in [5, 5.41) is 32.6. The van der Waals surface area contributed by atoms with Crippen LogP contribution in [-0.2, 0) is 75.9 Å². The van der Waals surface area contributed by atoms with Gasteiger partial charge in [0.1, 0.15) is 21.5 Å². The molecule has 4 unspecified atom stereocenters. The second kappa shape index (κ2) is 48.4. The molecule has 3 N–H and O–H groups in total. The Morgan fingerprint density at radius 3 is 1.10 bits per heavy atom. The number of benzene rings is 6. The van der Waals surface area contributed by atoms with Crippen LogP contribution in [0, 0.1) is 58.2 Å². The molecule has 0 bridgehead atoms. The topological polar surface area (TPSA) is 336 Å². The second-order valence-corrected chi connectivity index (χ2v) is 44.9. The fourth-order valence-corrected chi connectivity index (χ4v) is 20.7. The maximum absolute atomic E-state index is 13.9. The average molecular weight is 2080 g/mol. The predicted octanol–water partition coefficient (Wildman–Crippen LogP) is 26.2. The number of ether oxygens (including phenoxy) is 8. The highest BCUT2D eigenvalue weighted by Gasteiger charge is 2.59. The van der Waals surface area contributed by atoms with Gasteiger partial charge >= 0.3 is 35.8 Å². The SMILES string of the molecule is CC(C)N(C(C)C)P(Cl)OCCC#N.Cc1c(OC(=O)C(C)(C)C)c(Cl)cc2c1Oc1c(cc(CCC(=O)NCCCCCCO)c(OC(=O)C(C)(C)C)c1Cl)C21OC(=O)c2cc(Cl)c(Cl)cc21.Cc1c(OC(=O)C(C)(C)C)c(Cl)cc2c1Oc1c(cc(CCC(=O)NCCCCCCOP(OCCC#N)N(C(C)C)C(C)C)c(OC(=O)C(C)(C)C)c1Cl)C21OC(=O)c2cc(Cl)c(Cl)cc21. The second-order valence-electron chi connectivity index (χ2n) is 38.2. The minimum Gasteiger partial charge on any atom is -0.454 e. The van der Waals surface area contributed by atoms with Crippen molar-refractivity contribution in [3.05, 3.63) is 155 Å². The molecule has 736 valence electrons. The third kappa shape index (κ3) is 27.2.